The Bertz CT molecular complexity index is 616. The van der Waals surface area contributed by atoms with Crippen LogP contribution in [0.15, 0.2) is 36.5 Å². The molecule has 2 nitrogen and oxygen atoms in total. The predicted octanol–water partition coefficient (Wildman–Crippen LogP) is 4.38. The molecule has 3 rings (SSSR count). The van der Waals surface area contributed by atoms with Crippen molar-refractivity contribution in [3.63, 3.8) is 0 Å². The fourth-order valence-electron chi connectivity index (χ4n) is 2.99. The first-order valence-corrected chi connectivity index (χ1v) is 6.92. The third-order valence-electron chi connectivity index (χ3n) is 4.17. The summed E-state index contributed by atoms with van der Waals surface area (Å²) in [5, 5.41) is 0. The quantitative estimate of drug-likeness (QED) is 0.748. The second-order valence-corrected chi connectivity index (χ2v) is 5.63. The number of nitrogens with zero attached hydrogens (tertiary/aromatic N) is 2. The fraction of sp³-hybridized carbons (Fsp3) is 0.353. The number of anilines is 1. The molecule has 0 saturated carbocycles. The zero-order valence-corrected chi connectivity index (χ0v) is 12.0. The largest absolute Gasteiger partial charge is 0.367 e. The fourth-order valence-corrected chi connectivity index (χ4v) is 2.99. The highest BCUT2D eigenvalue weighted by atomic mass is 15.1. The first-order valence-electron chi connectivity index (χ1n) is 6.92. The van der Waals surface area contributed by atoms with E-state index >= 15 is 0 Å². The summed E-state index contributed by atoms with van der Waals surface area (Å²) in [6.07, 6.45) is 1.89. The summed E-state index contributed by atoms with van der Waals surface area (Å²) < 4.78 is 0. The summed E-state index contributed by atoms with van der Waals surface area (Å²) >= 11 is 0. The van der Waals surface area contributed by atoms with Gasteiger partial charge in [0.15, 0.2) is 0 Å². The van der Waals surface area contributed by atoms with E-state index in [9.17, 15) is 0 Å². The van der Waals surface area contributed by atoms with Gasteiger partial charge in [-0.2, -0.15) is 0 Å². The number of rotatable bonds is 1. The Balaban J connectivity index is 2.33. The molecule has 1 aliphatic heterocycles. The Morgan fingerprint density at radius 1 is 1.16 bits per heavy atom. The maximum atomic E-state index is 4.62. The topological polar surface area (TPSA) is 16.1 Å². The monoisotopic (exact) mass is 252 g/mol. The summed E-state index contributed by atoms with van der Waals surface area (Å²) in [5.74, 6) is 0.523. The molecule has 0 fully saturated rings. The number of aromatic nitrogens is 1. The van der Waals surface area contributed by atoms with Crippen LogP contribution in [-0.2, 0) is 0 Å². The molecule has 2 aromatic rings. The molecular weight excluding hydrogens is 232 g/mol. The van der Waals surface area contributed by atoms with Crippen molar-refractivity contribution in [2.24, 2.45) is 0 Å². The lowest BCUT2D eigenvalue weighted by molar-refractivity contribution is 0.715. The number of fused-ring (bicyclic) bond motifs is 3. The molecule has 1 unspecified atom stereocenters. The van der Waals surface area contributed by atoms with Crippen molar-refractivity contribution in [1.82, 2.24) is 4.98 Å². The highest BCUT2D eigenvalue weighted by Gasteiger charge is 2.28. The molecule has 98 valence electrons. The summed E-state index contributed by atoms with van der Waals surface area (Å²) in [7, 11) is 2.19. The van der Waals surface area contributed by atoms with Gasteiger partial charge in [0.1, 0.15) is 0 Å². The normalized spacial score (nSPS) is 17.3. The van der Waals surface area contributed by atoms with Crippen molar-refractivity contribution in [2.75, 3.05) is 11.9 Å². The van der Waals surface area contributed by atoms with Crippen LogP contribution in [0, 0.1) is 0 Å². The van der Waals surface area contributed by atoms with Gasteiger partial charge in [0, 0.05) is 30.1 Å². The minimum Gasteiger partial charge on any atom is -0.367 e. The lowest BCUT2D eigenvalue weighted by Crippen LogP contribution is -2.27. The van der Waals surface area contributed by atoms with Gasteiger partial charge in [-0.3, -0.25) is 4.98 Å². The lowest BCUT2D eigenvalue weighted by Gasteiger charge is -2.37. The van der Waals surface area contributed by atoms with Crippen LogP contribution >= 0.6 is 0 Å². The molecule has 0 saturated heterocycles. The molecule has 19 heavy (non-hydrogen) atoms. The average Bonchev–Trinajstić information content (AvgIpc) is 2.44. The van der Waals surface area contributed by atoms with Gasteiger partial charge in [0.2, 0.25) is 0 Å². The molecule has 0 N–H and O–H groups in total. The zero-order valence-electron chi connectivity index (χ0n) is 12.0. The molecule has 2 heteroatoms. The first-order chi connectivity index (χ1) is 9.11. The number of benzene rings is 1. The van der Waals surface area contributed by atoms with Crippen LogP contribution in [0.25, 0.3) is 11.3 Å². The first kappa shape index (κ1) is 12.2. The van der Waals surface area contributed by atoms with Gasteiger partial charge in [-0.1, -0.05) is 38.1 Å². The molecule has 0 radical (unpaired) electrons. The van der Waals surface area contributed by atoms with Crippen LogP contribution in [0.5, 0.6) is 0 Å². The molecule has 1 aromatic carbocycles. The van der Waals surface area contributed by atoms with Crippen molar-refractivity contribution >= 4 is 5.69 Å². The van der Waals surface area contributed by atoms with Crippen molar-refractivity contribution in [3.05, 3.63) is 47.7 Å². The Morgan fingerprint density at radius 3 is 2.68 bits per heavy atom. The lowest BCUT2D eigenvalue weighted by atomic mass is 9.88. The summed E-state index contributed by atoms with van der Waals surface area (Å²) in [6, 6.07) is 11.2. The van der Waals surface area contributed by atoms with E-state index in [0.717, 1.165) is 5.69 Å². The van der Waals surface area contributed by atoms with Gasteiger partial charge < -0.3 is 4.90 Å². The van der Waals surface area contributed by atoms with E-state index < -0.39 is 0 Å². The molecular formula is C17H20N2. The molecule has 1 atom stereocenters. The van der Waals surface area contributed by atoms with E-state index in [0.29, 0.717) is 12.0 Å². The van der Waals surface area contributed by atoms with Crippen molar-refractivity contribution in [2.45, 2.75) is 32.7 Å². The Labute approximate surface area is 115 Å². The summed E-state index contributed by atoms with van der Waals surface area (Å²) in [4.78, 5) is 7.00. The Hall–Kier alpha value is -1.83. The van der Waals surface area contributed by atoms with Gasteiger partial charge in [-0.05, 0) is 24.5 Å². The number of hydrogen-bond acceptors (Lipinski definition) is 2. The van der Waals surface area contributed by atoms with E-state index in [1.54, 1.807) is 0 Å². The Kier molecular flexibility index (Phi) is 2.81. The smallest absolute Gasteiger partial charge is 0.0775 e. The van der Waals surface area contributed by atoms with Crippen molar-refractivity contribution in [1.29, 1.82) is 0 Å². The maximum absolute atomic E-state index is 4.62. The minimum atomic E-state index is 0.371. The standard InChI is InChI=1S/C17H20N2/c1-11(2)13-7-5-8-15-16-14(9-6-10-18-16)12(3)19(4)17(13)15/h5-12H,1-4H3. The summed E-state index contributed by atoms with van der Waals surface area (Å²) in [5.41, 5.74) is 6.48. The van der Waals surface area contributed by atoms with Gasteiger partial charge in [-0.25, -0.2) is 0 Å². The van der Waals surface area contributed by atoms with Crippen molar-refractivity contribution in [3.8, 4) is 11.3 Å². The second kappa shape index (κ2) is 4.37. The second-order valence-electron chi connectivity index (χ2n) is 5.63. The number of hydrogen-bond donors (Lipinski definition) is 0. The van der Waals surface area contributed by atoms with E-state index in [-0.39, 0.29) is 0 Å². The molecule has 1 aromatic heterocycles. The van der Waals surface area contributed by atoms with E-state index in [1.807, 2.05) is 12.3 Å². The van der Waals surface area contributed by atoms with Gasteiger partial charge in [0.05, 0.1) is 11.7 Å². The highest BCUT2D eigenvalue weighted by Crippen LogP contribution is 2.45. The Morgan fingerprint density at radius 2 is 1.95 bits per heavy atom. The third-order valence-corrected chi connectivity index (χ3v) is 4.17. The van der Waals surface area contributed by atoms with Gasteiger partial charge in [0.25, 0.3) is 0 Å². The van der Waals surface area contributed by atoms with Gasteiger partial charge >= 0.3 is 0 Å². The predicted molar refractivity (Wildman–Crippen MR) is 80.6 cm³/mol. The zero-order chi connectivity index (χ0) is 13.6. The van der Waals surface area contributed by atoms with Crippen LogP contribution < -0.4 is 4.90 Å². The molecule has 2 heterocycles. The average molecular weight is 252 g/mol. The molecule has 0 aliphatic carbocycles. The van der Waals surface area contributed by atoms with Gasteiger partial charge in [-0.15, -0.1) is 0 Å². The minimum absolute atomic E-state index is 0.371. The maximum Gasteiger partial charge on any atom is 0.0775 e. The van der Waals surface area contributed by atoms with Crippen LogP contribution in [0.2, 0.25) is 0 Å². The molecule has 1 aliphatic rings. The van der Waals surface area contributed by atoms with E-state index in [2.05, 4.69) is 62.0 Å². The molecule has 0 bridgehead atoms. The third kappa shape index (κ3) is 1.74. The van der Waals surface area contributed by atoms with Crippen LogP contribution in [0.1, 0.15) is 43.9 Å². The van der Waals surface area contributed by atoms with E-state index in [1.165, 1.54) is 22.4 Å². The van der Waals surface area contributed by atoms with Crippen LogP contribution in [0.3, 0.4) is 0 Å². The molecule has 0 amide bonds. The van der Waals surface area contributed by atoms with Crippen LogP contribution in [-0.4, -0.2) is 12.0 Å². The summed E-state index contributed by atoms with van der Waals surface area (Å²) in [6.45, 7) is 6.75. The van der Waals surface area contributed by atoms with E-state index in [4.69, 9.17) is 0 Å². The highest BCUT2D eigenvalue weighted by molar-refractivity contribution is 5.84. The molecule has 0 spiro atoms. The van der Waals surface area contributed by atoms with Crippen LogP contribution in [0.4, 0.5) is 5.69 Å². The van der Waals surface area contributed by atoms with Crippen molar-refractivity contribution < 1.29 is 0 Å². The number of para-hydroxylation sites is 1. The number of pyridine rings is 1. The SMILES string of the molecule is CC(C)c1cccc2c1N(C)C(C)c1cccnc1-2.